The van der Waals surface area contributed by atoms with Crippen LogP contribution in [0.25, 0.3) is 0 Å². The Morgan fingerprint density at radius 1 is 0.300 bits per heavy atom. The Hall–Kier alpha value is -1.88. The predicted molar refractivity (Wildman–Crippen MR) is 307 cm³/mol. The van der Waals surface area contributed by atoms with Gasteiger partial charge in [0.25, 0.3) is 0 Å². The van der Waals surface area contributed by atoms with E-state index in [0.29, 0.717) is 19.4 Å². The van der Waals surface area contributed by atoms with E-state index >= 15 is 0 Å². The van der Waals surface area contributed by atoms with Crippen molar-refractivity contribution >= 4 is 11.9 Å². The second kappa shape index (κ2) is 61.4. The number of ether oxygens (including phenoxy) is 3. The molecule has 0 aliphatic rings. The zero-order valence-electron chi connectivity index (χ0n) is 47.6. The number of carbonyl (C=O) groups excluding carboxylic acids is 2. The summed E-state index contributed by atoms with van der Waals surface area (Å²) in [5, 5.41) is 0. The molecule has 0 amide bonds. The van der Waals surface area contributed by atoms with Crippen LogP contribution in [0.3, 0.4) is 0 Å². The van der Waals surface area contributed by atoms with Crippen molar-refractivity contribution in [3.05, 3.63) is 36.5 Å². The van der Waals surface area contributed by atoms with E-state index in [9.17, 15) is 9.59 Å². The van der Waals surface area contributed by atoms with E-state index < -0.39 is 6.10 Å². The molecule has 0 aromatic carbocycles. The summed E-state index contributed by atoms with van der Waals surface area (Å²) in [7, 11) is 0. The molecule has 0 N–H and O–H groups in total. The Kier molecular flexibility index (Phi) is 59.8. The molecule has 412 valence electrons. The maximum absolute atomic E-state index is 12.9. The smallest absolute Gasteiger partial charge is 0.306 e. The summed E-state index contributed by atoms with van der Waals surface area (Å²) in [6.07, 6.45) is 76.1. The molecule has 5 heteroatoms. The standard InChI is InChI=1S/C65H122O5/c1-4-7-10-13-16-19-22-25-28-30-32-34-36-39-42-45-48-51-54-57-60-68-61-63(70-65(67)59-56-53-50-47-44-41-37-27-24-21-18-15-12-9-6-3)62-69-64(66)58-55-52-49-46-43-40-38-35-33-31-29-26-23-20-17-14-11-8-5-2/h25-29,37,63H,4-24,30-36,38-62H2,1-3H3/b28-25-,29-26-,37-27-. The summed E-state index contributed by atoms with van der Waals surface area (Å²) in [5.41, 5.74) is 0. The normalized spacial score (nSPS) is 12.3. The number of hydrogen-bond acceptors (Lipinski definition) is 5. The first-order valence-corrected chi connectivity index (χ1v) is 31.5. The van der Waals surface area contributed by atoms with Gasteiger partial charge in [0.2, 0.25) is 0 Å². The molecular weight excluding hydrogens is 861 g/mol. The van der Waals surface area contributed by atoms with E-state index in [0.717, 1.165) is 51.4 Å². The molecule has 0 aliphatic carbocycles. The van der Waals surface area contributed by atoms with Crippen LogP contribution in [0.15, 0.2) is 36.5 Å². The zero-order valence-corrected chi connectivity index (χ0v) is 47.6. The molecule has 5 nitrogen and oxygen atoms in total. The lowest BCUT2D eigenvalue weighted by Crippen LogP contribution is -2.30. The minimum atomic E-state index is -0.540. The molecule has 1 unspecified atom stereocenters. The number of hydrogen-bond donors (Lipinski definition) is 0. The molecule has 0 rings (SSSR count). The third-order valence-electron chi connectivity index (χ3n) is 14.1. The van der Waals surface area contributed by atoms with Crippen LogP contribution in [0.5, 0.6) is 0 Å². The van der Waals surface area contributed by atoms with Gasteiger partial charge in [0, 0.05) is 19.4 Å². The van der Waals surface area contributed by atoms with E-state index in [1.807, 2.05) is 0 Å². The highest BCUT2D eigenvalue weighted by Gasteiger charge is 2.18. The predicted octanol–water partition coefficient (Wildman–Crippen LogP) is 21.7. The van der Waals surface area contributed by atoms with Gasteiger partial charge < -0.3 is 14.2 Å². The first-order valence-electron chi connectivity index (χ1n) is 31.5. The number of carbonyl (C=O) groups is 2. The van der Waals surface area contributed by atoms with E-state index in [1.165, 1.54) is 257 Å². The second-order valence-electron chi connectivity index (χ2n) is 21.3. The van der Waals surface area contributed by atoms with E-state index in [1.54, 1.807) is 0 Å². The van der Waals surface area contributed by atoms with Crippen LogP contribution in [0, 0.1) is 0 Å². The first kappa shape index (κ1) is 68.1. The molecule has 0 aromatic heterocycles. The summed E-state index contributed by atoms with van der Waals surface area (Å²) in [5.74, 6) is -0.390. The Morgan fingerprint density at radius 2 is 0.557 bits per heavy atom. The van der Waals surface area contributed by atoms with Gasteiger partial charge in [-0.1, -0.05) is 269 Å². The molecule has 0 spiro atoms. The van der Waals surface area contributed by atoms with E-state index in [-0.39, 0.29) is 25.2 Å². The lowest BCUT2D eigenvalue weighted by molar-refractivity contribution is -0.163. The number of rotatable bonds is 59. The van der Waals surface area contributed by atoms with Crippen LogP contribution < -0.4 is 0 Å². The van der Waals surface area contributed by atoms with Gasteiger partial charge in [-0.2, -0.15) is 0 Å². The molecule has 0 saturated carbocycles. The molecule has 0 fully saturated rings. The van der Waals surface area contributed by atoms with Gasteiger partial charge in [0.05, 0.1) is 6.61 Å². The third-order valence-corrected chi connectivity index (χ3v) is 14.1. The molecular formula is C65H122O5. The van der Waals surface area contributed by atoms with Crippen molar-refractivity contribution in [3.63, 3.8) is 0 Å². The van der Waals surface area contributed by atoms with Gasteiger partial charge in [-0.05, 0) is 96.3 Å². The van der Waals surface area contributed by atoms with Gasteiger partial charge >= 0.3 is 11.9 Å². The first-order chi connectivity index (χ1) is 34.6. The van der Waals surface area contributed by atoms with Crippen LogP contribution >= 0.6 is 0 Å². The quantitative estimate of drug-likeness (QED) is 0.0345. The minimum absolute atomic E-state index is 0.0851. The average molecular weight is 984 g/mol. The van der Waals surface area contributed by atoms with Crippen molar-refractivity contribution in [2.24, 2.45) is 0 Å². The van der Waals surface area contributed by atoms with Gasteiger partial charge in [0.15, 0.2) is 6.10 Å². The molecule has 0 heterocycles. The number of allylic oxidation sites excluding steroid dienone is 6. The summed E-state index contributed by atoms with van der Waals surface area (Å²) in [6.45, 7) is 7.87. The fraction of sp³-hybridized carbons (Fsp3) is 0.877. The number of esters is 2. The molecule has 0 saturated heterocycles. The Morgan fingerprint density at radius 3 is 0.871 bits per heavy atom. The molecule has 70 heavy (non-hydrogen) atoms. The van der Waals surface area contributed by atoms with Gasteiger partial charge in [-0.25, -0.2) is 0 Å². The Labute approximate surface area is 438 Å². The molecule has 0 aliphatic heterocycles. The average Bonchev–Trinajstić information content (AvgIpc) is 3.36. The fourth-order valence-electron chi connectivity index (χ4n) is 9.38. The summed E-state index contributed by atoms with van der Waals surface area (Å²) >= 11 is 0. The van der Waals surface area contributed by atoms with Crippen molar-refractivity contribution in [3.8, 4) is 0 Å². The molecule has 0 radical (unpaired) electrons. The van der Waals surface area contributed by atoms with Gasteiger partial charge in [0.1, 0.15) is 6.61 Å². The highest BCUT2D eigenvalue weighted by Crippen LogP contribution is 2.16. The topological polar surface area (TPSA) is 61.8 Å². The van der Waals surface area contributed by atoms with Crippen molar-refractivity contribution in [1.29, 1.82) is 0 Å². The zero-order chi connectivity index (χ0) is 50.6. The minimum Gasteiger partial charge on any atom is -0.462 e. The van der Waals surface area contributed by atoms with E-state index in [4.69, 9.17) is 14.2 Å². The van der Waals surface area contributed by atoms with Crippen LogP contribution in [-0.4, -0.2) is 37.9 Å². The lowest BCUT2D eigenvalue weighted by Gasteiger charge is -2.18. The van der Waals surface area contributed by atoms with Crippen LogP contribution in [0.4, 0.5) is 0 Å². The Bertz CT molecular complexity index is 1110. The monoisotopic (exact) mass is 983 g/mol. The Balaban J connectivity index is 4.23. The van der Waals surface area contributed by atoms with Crippen molar-refractivity contribution in [2.45, 2.75) is 348 Å². The maximum Gasteiger partial charge on any atom is 0.306 e. The third kappa shape index (κ3) is 58.7. The van der Waals surface area contributed by atoms with Crippen LogP contribution in [-0.2, 0) is 23.8 Å². The summed E-state index contributed by atoms with van der Waals surface area (Å²) < 4.78 is 17.5. The van der Waals surface area contributed by atoms with Crippen molar-refractivity contribution in [1.82, 2.24) is 0 Å². The number of unbranched alkanes of at least 4 members (excludes halogenated alkanes) is 42. The SMILES string of the molecule is CCCCCCCC/C=C\CCCCCCCCCCCCOCC(COC(=O)CCCCCCCCCCC/C=C\CCCCCCCC)OC(=O)CCCCCCC/C=C\CCCCCCCC. The lowest BCUT2D eigenvalue weighted by atomic mass is 10.1. The highest BCUT2D eigenvalue weighted by molar-refractivity contribution is 5.70. The van der Waals surface area contributed by atoms with Crippen LogP contribution in [0.1, 0.15) is 342 Å². The largest absolute Gasteiger partial charge is 0.462 e. The van der Waals surface area contributed by atoms with Crippen molar-refractivity contribution < 1.29 is 23.8 Å². The molecule has 0 bridgehead atoms. The van der Waals surface area contributed by atoms with Gasteiger partial charge in [-0.15, -0.1) is 0 Å². The summed E-state index contributed by atoms with van der Waals surface area (Å²) in [6, 6.07) is 0. The molecule has 0 aromatic rings. The maximum atomic E-state index is 12.9. The van der Waals surface area contributed by atoms with Crippen molar-refractivity contribution in [2.75, 3.05) is 19.8 Å². The van der Waals surface area contributed by atoms with Gasteiger partial charge in [-0.3, -0.25) is 9.59 Å². The fourth-order valence-corrected chi connectivity index (χ4v) is 9.38. The molecule has 1 atom stereocenters. The van der Waals surface area contributed by atoms with E-state index in [2.05, 4.69) is 57.2 Å². The second-order valence-corrected chi connectivity index (χ2v) is 21.3. The van der Waals surface area contributed by atoms with Crippen LogP contribution in [0.2, 0.25) is 0 Å². The summed E-state index contributed by atoms with van der Waals surface area (Å²) in [4.78, 5) is 25.6. The highest BCUT2D eigenvalue weighted by atomic mass is 16.6.